The molecule has 2 aliphatic heterocycles. The third kappa shape index (κ3) is 4.05. The van der Waals surface area contributed by atoms with E-state index in [4.69, 9.17) is 9.47 Å². The number of para-hydroxylation sites is 1. The zero-order valence-electron chi connectivity index (χ0n) is 19.7. The molecule has 1 fully saturated rings. The summed E-state index contributed by atoms with van der Waals surface area (Å²) in [5.74, 6) is 1.35. The third-order valence-corrected chi connectivity index (χ3v) is 7.04. The molecule has 4 aromatic rings. The van der Waals surface area contributed by atoms with E-state index in [0.29, 0.717) is 23.7 Å². The zero-order valence-corrected chi connectivity index (χ0v) is 19.7. The highest BCUT2D eigenvalue weighted by molar-refractivity contribution is 5.81. The van der Waals surface area contributed by atoms with Crippen molar-refractivity contribution < 1.29 is 9.47 Å². The Labute approximate surface area is 202 Å². The summed E-state index contributed by atoms with van der Waals surface area (Å²) in [5.41, 5.74) is 3.57. The second-order valence-electron chi connectivity index (χ2n) is 9.19. The summed E-state index contributed by atoms with van der Waals surface area (Å²) in [5, 5.41) is 13.7. The fraction of sp³-hybridized carbons (Fsp3) is 0.385. The molecule has 0 saturated carbocycles. The summed E-state index contributed by atoms with van der Waals surface area (Å²) < 4.78 is 13.0. The highest BCUT2D eigenvalue weighted by atomic mass is 16.5. The molecular formula is C26H28N6O3. The van der Waals surface area contributed by atoms with Gasteiger partial charge in [0.15, 0.2) is 5.82 Å². The van der Waals surface area contributed by atoms with Crippen LogP contribution in [-0.2, 0) is 17.7 Å². The smallest absolute Gasteiger partial charge is 0.254 e. The van der Waals surface area contributed by atoms with Gasteiger partial charge in [0.2, 0.25) is 0 Å². The number of aromatic amines is 1. The van der Waals surface area contributed by atoms with Crippen LogP contribution in [-0.4, -0.2) is 51.6 Å². The number of hydrogen-bond donors (Lipinski definition) is 1. The average molecular weight is 473 g/mol. The molecule has 2 aliphatic rings. The van der Waals surface area contributed by atoms with E-state index in [9.17, 15) is 4.79 Å². The average Bonchev–Trinajstić information content (AvgIpc) is 3.57. The molecular weight excluding hydrogens is 444 g/mol. The lowest BCUT2D eigenvalue weighted by Gasteiger charge is -2.37. The molecule has 180 valence electrons. The molecule has 6 rings (SSSR count). The normalized spacial score (nSPS) is 18.5. The maximum Gasteiger partial charge on any atom is 0.254 e. The Hall–Kier alpha value is -3.72. The maximum absolute atomic E-state index is 13.6. The van der Waals surface area contributed by atoms with Crippen molar-refractivity contribution in [1.29, 1.82) is 0 Å². The van der Waals surface area contributed by atoms with Gasteiger partial charge in [-0.25, -0.2) is 4.68 Å². The first-order chi connectivity index (χ1) is 17.2. The molecule has 1 saturated heterocycles. The monoisotopic (exact) mass is 472 g/mol. The van der Waals surface area contributed by atoms with Crippen LogP contribution < -0.4 is 15.2 Å². The van der Waals surface area contributed by atoms with Gasteiger partial charge in [0, 0.05) is 30.5 Å². The van der Waals surface area contributed by atoms with Crippen LogP contribution in [0.1, 0.15) is 42.3 Å². The fourth-order valence-electron chi connectivity index (χ4n) is 5.32. The molecule has 0 spiro atoms. The van der Waals surface area contributed by atoms with Crippen LogP contribution in [0.3, 0.4) is 0 Å². The number of aromatic nitrogens is 5. The lowest BCUT2D eigenvalue weighted by molar-refractivity contribution is 0.0924. The summed E-state index contributed by atoms with van der Waals surface area (Å²) in [4.78, 5) is 18.9. The topological polar surface area (TPSA) is 98.2 Å². The summed E-state index contributed by atoms with van der Waals surface area (Å²) in [6, 6.07) is 15.6. The predicted octanol–water partition coefficient (Wildman–Crippen LogP) is 3.24. The van der Waals surface area contributed by atoms with E-state index in [2.05, 4.69) is 43.6 Å². The molecule has 0 bridgehead atoms. The second-order valence-corrected chi connectivity index (χ2v) is 9.19. The van der Waals surface area contributed by atoms with Crippen LogP contribution in [0.5, 0.6) is 5.75 Å². The van der Waals surface area contributed by atoms with E-state index < -0.39 is 6.04 Å². The SMILES string of the molecule is COc1ccc2cc([C@H](c3nnnn3C[C@@H]3CCCO3)N3CCCc4ccccc43)c(=O)[nH]c2c1. The van der Waals surface area contributed by atoms with Crippen LogP contribution >= 0.6 is 0 Å². The number of benzene rings is 2. The van der Waals surface area contributed by atoms with Gasteiger partial charge in [0.1, 0.15) is 11.8 Å². The van der Waals surface area contributed by atoms with E-state index in [-0.39, 0.29) is 11.7 Å². The summed E-state index contributed by atoms with van der Waals surface area (Å²) in [6.45, 7) is 2.13. The lowest BCUT2D eigenvalue weighted by atomic mass is 9.96. The molecule has 0 radical (unpaired) electrons. The zero-order chi connectivity index (χ0) is 23.8. The molecule has 2 atom stereocenters. The van der Waals surface area contributed by atoms with Gasteiger partial charge in [-0.3, -0.25) is 4.79 Å². The summed E-state index contributed by atoms with van der Waals surface area (Å²) in [6.07, 6.45) is 4.10. The van der Waals surface area contributed by atoms with Crippen LogP contribution in [0.2, 0.25) is 0 Å². The number of rotatable bonds is 6. The minimum atomic E-state index is -0.442. The van der Waals surface area contributed by atoms with Gasteiger partial charge in [-0.2, -0.15) is 0 Å². The van der Waals surface area contributed by atoms with E-state index in [1.165, 1.54) is 5.56 Å². The number of hydrogen-bond acceptors (Lipinski definition) is 7. The molecule has 35 heavy (non-hydrogen) atoms. The molecule has 9 nitrogen and oxygen atoms in total. The van der Waals surface area contributed by atoms with Gasteiger partial charge >= 0.3 is 0 Å². The fourth-order valence-corrected chi connectivity index (χ4v) is 5.32. The number of ether oxygens (including phenoxy) is 2. The van der Waals surface area contributed by atoms with Crippen LogP contribution in [0.15, 0.2) is 53.3 Å². The van der Waals surface area contributed by atoms with Crippen molar-refractivity contribution in [3.63, 3.8) is 0 Å². The Bertz CT molecular complexity index is 1410. The van der Waals surface area contributed by atoms with E-state index in [0.717, 1.165) is 55.4 Å². The largest absolute Gasteiger partial charge is 0.497 e. The van der Waals surface area contributed by atoms with Crippen molar-refractivity contribution >= 4 is 16.6 Å². The minimum Gasteiger partial charge on any atom is -0.497 e. The minimum absolute atomic E-state index is 0.0777. The molecule has 2 aromatic heterocycles. The Morgan fingerprint density at radius 1 is 1.20 bits per heavy atom. The summed E-state index contributed by atoms with van der Waals surface area (Å²) >= 11 is 0. The molecule has 4 heterocycles. The Morgan fingerprint density at radius 3 is 2.97 bits per heavy atom. The molecule has 9 heteroatoms. The first-order valence-corrected chi connectivity index (χ1v) is 12.1. The third-order valence-electron chi connectivity index (χ3n) is 7.04. The van der Waals surface area contributed by atoms with E-state index in [1.54, 1.807) is 7.11 Å². The Morgan fingerprint density at radius 2 is 2.11 bits per heavy atom. The molecule has 2 aromatic carbocycles. The van der Waals surface area contributed by atoms with Gasteiger partial charge in [-0.15, -0.1) is 5.10 Å². The number of pyridine rings is 1. The van der Waals surface area contributed by atoms with Crippen LogP contribution in [0.25, 0.3) is 10.9 Å². The molecule has 0 aliphatic carbocycles. The van der Waals surface area contributed by atoms with Crippen LogP contribution in [0.4, 0.5) is 5.69 Å². The molecule has 0 amide bonds. The number of nitrogens with one attached hydrogen (secondary N) is 1. The van der Waals surface area contributed by atoms with Gasteiger partial charge in [0.25, 0.3) is 5.56 Å². The molecule has 1 N–H and O–H groups in total. The summed E-state index contributed by atoms with van der Waals surface area (Å²) in [7, 11) is 1.62. The van der Waals surface area contributed by atoms with Crippen molar-refractivity contribution in [2.24, 2.45) is 0 Å². The lowest BCUT2D eigenvalue weighted by Crippen LogP contribution is -2.39. The van der Waals surface area contributed by atoms with Crippen molar-refractivity contribution in [2.75, 3.05) is 25.2 Å². The molecule has 0 unspecified atom stereocenters. The number of fused-ring (bicyclic) bond motifs is 2. The number of nitrogens with zero attached hydrogens (tertiary/aromatic N) is 5. The van der Waals surface area contributed by atoms with Gasteiger partial charge < -0.3 is 19.4 Å². The Balaban J connectivity index is 1.51. The number of aryl methyl sites for hydroxylation is 1. The highest BCUT2D eigenvalue weighted by Crippen LogP contribution is 2.37. The number of H-pyrrole nitrogens is 1. The number of anilines is 1. The van der Waals surface area contributed by atoms with Gasteiger partial charge in [-0.05, 0) is 71.3 Å². The van der Waals surface area contributed by atoms with Crippen molar-refractivity contribution in [1.82, 2.24) is 25.2 Å². The predicted molar refractivity (Wildman–Crippen MR) is 132 cm³/mol. The van der Waals surface area contributed by atoms with Gasteiger partial charge in [0.05, 0.1) is 25.3 Å². The Kier molecular flexibility index (Phi) is 5.69. The first-order valence-electron chi connectivity index (χ1n) is 12.1. The maximum atomic E-state index is 13.6. The first kappa shape index (κ1) is 21.8. The van der Waals surface area contributed by atoms with Crippen molar-refractivity contribution in [2.45, 2.75) is 44.4 Å². The number of tetrazole rings is 1. The van der Waals surface area contributed by atoms with Crippen molar-refractivity contribution in [3.8, 4) is 5.75 Å². The van der Waals surface area contributed by atoms with E-state index in [1.807, 2.05) is 35.0 Å². The quantitative estimate of drug-likeness (QED) is 0.460. The second kappa shape index (κ2) is 9.14. The van der Waals surface area contributed by atoms with Crippen molar-refractivity contribution in [3.05, 3.63) is 75.8 Å². The van der Waals surface area contributed by atoms with E-state index >= 15 is 0 Å². The number of methoxy groups -OCH3 is 1. The van der Waals surface area contributed by atoms with Crippen LogP contribution in [0, 0.1) is 0 Å². The standard InChI is InChI=1S/C26H28N6O3/c1-34-19-11-10-18-14-21(26(33)27-22(18)15-19)24(31-12-4-7-17-6-2-3-9-23(17)31)25-28-29-30-32(25)16-20-8-5-13-35-20/h2-3,6,9-11,14-15,20,24H,4-5,7-8,12-13,16H2,1H3,(H,27,33)/t20-,24+/m0/s1. The highest BCUT2D eigenvalue weighted by Gasteiger charge is 2.34. The van der Waals surface area contributed by atoms with Gasteiger partial charge in [-0.1, -0.05) is 18.2 Å².